The lowest BCUT2D eigenvalue weighted by atomic mass is 10.0. The Kier molecular flexibility index (Phi) is 6.29. The number of nitrogens with one attached hydrogen (secondary N) is 1. The second kappa shape index (κ2) is 8.44. The number of hydrogen-bond acceptors (Lipinski definition) is 1. The number of quaternary nitrogens is 1. The first-order chi connectivity index (χ1) is 11.1. The van der Waals surface area contributed by atoms with Crippen molar-refractivity contribution in [1.82, 2.24) is 0 Å². The van der Waals surface area contributed by atoms with Gasteiger partial charge in [-0.1, -0.05) is 44.2 Å². The number of halogens is 1. The topological polar surface area (TPSA) is 45.7 Å². The average molecular weight is 315 g/mol. The van der Waals surface area contributed by atoms with Gasteiger partial charge in [0.15, 0.2) is 6.04 Å². The molecule has 1 amide bonds. The van der Waals surface area contributed by atoms with E-state index in [1.54, 1.807) is 12.1 Å². The first-order valence-electron chi connectivity index (χ1n) is 8.10. The van der Waals surface area contributed by atoms with Crippen LogP contribution in [0.3, 0.4) is 0 Å². The van der Waals surface area contributed by atoms with E-state index < -0.39 is 0 Å². The summed E-state index contributed by atoms with van der Waals surface area (Å²) in [6, 6.07) is 15.7. The largest absolute Gasteiger partial charge is 0.330 e. The Balaban J connectivity index is 2.18. The number of anilines is 1. The molecule has 2 rings (SSSR count). The van der Waals surface area contributed by atoms with Gasteiger partial charge in [0.05, 0.1) is 6.04 Å². The smallest absolute Gasteiger partial charge is 0.287 e. The van der Waals surface area contributed by atoms with Crippen molar-refractivity contribution in [2.75, 3.05) is 5.32 Å². The third-order valence-corrected chi connectivity index (χ3v) is 4.07. The molecule has 0 aliphatic rings. The van der Waals surface area contributed by atoms with Crippen LogP contribution in [0.4, 0.5) is 10.1 Å². The van der Waals surface area contributed by atoms with Crippen LogP contribution in [0.2, 0.25) is 0 Å². The average Bonchev–Trinajstić information content (AvgIpc) is 2.59. The maximum absolute atomic E-state index is 13.0. The molecule has 0 spiro atoms. The van der Waals surface area contributed by atoms with Gasteiger partial charge in [-0.2, -0.15) is 0 Å². The van der Waals surface area contributed by atoms with Gasteiger partial charge in [0.2, 0.25) is 0 Å². The summed E-state index contributed by atoms with van der Waals surface area (Å²) in [7, 11) is 0. The fourth-order valence-electron chi connectivity index (χ4n) is 2.60. The highest BCUT2D eigenvalue weighted by Gasteiger charge is 2.26. The molecule has 0 heterocycles. The van der Waals surface area contributed by atoms with Crippen molar-refractivity contribution in [2.24, 2.45) is 0 Å². The Morgan fingerprint density at radius 2 is 1.65 bits per heavy atom. The van der Waals surface area contributed by atoms with E-state index >= 15 is 0 Å². The minimum Gasteiger partial charge on any atom is -0.330 e. The van der Waals surface area contributed by atoms with Gasteiger partial charge in [0, 0.05) is 11.3 Å². The molecule has 0 radical (unpaired) electrons. The van der Waals surface area contributed by atoms with E-state index in [-0.39, 0.29) is 17.8 Å². The SMILES string of the molecule is CCC(CC)[NH2+][C@H](C(=O)Nc1ccc(F)cc1)c1ccccc1. The number of amides is 1. The standard InChI is InChI=1S/C19H23FN2O/c1-3-16(4-2)21-18(14-8-6-5-7-9-14)19(23)22-17-12-10-15(20)11-13-17/h5-13,16,18,21H,3-4H2,1-2H3,(H,22,23)/p+1/t18-/m0/s1. The Morgan fingerprint density at radius 3 is 2.22 bits per heavy atom. The molecule has 1 atom stereocenters. The fraction of sp³-hybridized carbons (Fsp3) is 0.316. The third-order valence-electron chi connectivity index (χ3n) is 4.07. The summed E-state index contributed by atoms with van der Waals surface area (Å²) in [5.41, 5.74) is 1.58. The predicted molar refractivity (Wildman–Crippen MR) is 90.5 cm³/mol. The molecule has 2 aromatic rings. The van der Waals surface area contributed by atoms with E-state index in [1.807, 2.05) is 30.3 Å². The Bertz CT molecular complexity index is 609. The van der Waals surface area contributed by atoms with Crippen LogP contribution in [0.1, 0.15) is 38.3 Å². The van der Waals surface area contributed by atoms with Crippen LogP contribution in [-0.2, 0) is 4.79 Å². The number of carbonyl (C=O) groups excluding carboxylic acids is 1. The van der Waals surface area contributed by atoms with Crippen LogP contribution < -0.4 is 10.6 Å². The predicted octanol–water partition coefficient (Wildman–Crippen LogP) is 3.26. The number of benzene rings is 2. The highest BCUT2D eigenvalue weighted by atomic mass is 19.1. The molecule has 3 nitrogen and oxygen atoms in total. The third kappa shape index (κ3) is 4.89. The summed E-state index contributed by atoms with van der Waals surface area (Å²) in [5.74, 6) is -0.402. The summed E-state index contributed by atoms with van der Waals surface area (Å²) in [5, 5.41) is 5.00. The zero-order valence-electron chi connectivity index (χ0n) is 13.6. The molecule has 0 saturated heterocycles. The highest BCUT2D eigenvalue weighted by molar-refractivity contribution is 5.94. The van der Waals surface area contributed by atoms with E-state index in [0.29, 0.717) is 11.7 Å². The van der Waals surface area contributed by atoms with Crippen LogP contribution in [-0.4, -0.2) is 11.9 Å². The Hall–Kier alpha value is -2.20. The molecule has 0 aromatic heterocycles. The molecule has 0 aliphatic heterocycles. The van der Waals surface area contributed by atoms with Crippen molar-refractivity contribution in [3.63, 3.8) is 0 Å². The van der Waals surface area contributed by atoms with Crippen LogP contribution >= 0.6 is 0 Å². The monoisotopic (exact) mass is 315 g/mol. The zero-order valence-corrected chi connectivity index (χ0v) is 13.6. The Labute approximate surface area is 136 Å². The van der Waals surface area contributed by atoms with E-state index in [0.717, 1.165) is 18.4 Å². The molecule has 0 bridgehead atoms. The molecule has 3 N–H and O–H groups in total. The molecule has 0 fully saturated rings. The summed E-state index contributed by atoms with van der Waals surface area (Å²) in [6.07, 6.45) is 2.01. The summed E-state index contributed by atoms with van der Waals surface area (Å²) in [4.78, 5) is 12.7. The summed E-state index contributed by atoms with van der Waals surface area (Å²) >= 11 is 0. The molecule has 0 aliphatic carbocycles. The second-order valence-corrected chi connectivity index (χ2v) is 5.65. The summed E-state index contributed by atoms with van der Waals surface area (Å²) in [6.45, 7) is 4.26. The number of hydrogen-bond donors (Lipinski definition) is 2. The van der Waals surface area contributed by atoms with Gasteiger partial charge in [0.25, 0.3) is 5.91 Å². The lowest BCUT2D eigenvalue weighted by Gasteiger charge is -2.21. The molecular weight excluding hydrogens is 291 g/mol. The zero-order chi connectivity index (χ0) is 16.7. The van der Waals surface area contributed by atoms with Gasteiger partial charge in [-0.05, 0) is 37.1 Å². The first kappa shape index (κ1) is 17.2. The number of rotatable bonds is 7. The maximum atomic E-state index is 13.0. The molecule has 0 unspecified atom stereocenters. The number of carbonyl (C=O) groups is 1. The number of nitrogens with two attached hydrogens (primary N) is 1. The molecule has 23 heavy (non-hydrogen) atoms. The highest BCUT2D eigenvalue weighted by Crippen LogP contribution is 2.14. The van der Waals surface area contributed by atoms with Crippen molar-refractivity contribution < 1.29 is 14.5 Å². The van der Waals surface area contributed by atoms with E-state index in [1.165, 1.54) is 12.1 Å². The second-order valence-electron chi connectivity index (χ2n) is 5.65. The molecule has 2 aromatic carbocycles. The fourth-order valence-corrected chi connectivity index (χ4v) is 2.60. The van der Waals surface area contributed by atoms with Gasteiger partial charge in [0.1, 0.15) is 5.82 Å². The Morgan fingerprint density at radius 1 is 1.04 bits per heavy atom. The van der Waals surface area contributed by atoms with Gasteiger partial charge in [-0.3, -0.25) is 4.79 Å². The molecule has 0 saturated carbocycles. The van der Waals surface area contributed by atoms with Crippen molar-refractivity contribution >= 4 is 11.6 Å². The minimum atomic E-state index is -0.314. The van der Waals surface area contributed by atoms with Crippen LogP contribution in [0.15, 0.2) is 54.6 Å². The van der Waals surface area contributed by atoms with Gasteiger partial charge >= 0.3 is 0 Å². The van der Waals surface area contributed by atoms with Gasteiger partial charge in [-0.15, -0.1) is 0 Å². The normalized spacial score (nSPS) is 12.2. The van der Waals surface area contributed by atoms with Crippen molar-refractivity contribution in [1.29, 1.82) is 0 Å². The van der Waals surface area contributed by atoms with Gasteiger partial charge in [-0.25, -0.2) is 4.39 Å². The minimum absolute atomic E-state index is 0.0882. The summed E-state index contributed by atoms with van der Waals surface area (Å²) < 4.78 is 13.0. The van der Waals surface area contributed by atoms with Crippen LogP contribution in [0, 0.1) is 5.82 Å². The molecular formula is C19H24FN2O+. The van der Waals surface area contributed by atoms with E-state index in [9.17, 15) is 9.18 Å². The van der Waals surface area contributed by atoms with Crippen LogP contribution in [0.5, 0.6) is 0 Å². The van der Waals surface area contributed by atoms with Crippen molar-refractivity contribution in [2.45, 2.75) is 38.8 Å². The quantitative estimate of drug-likeness (QED) is 0.809. The lowest BCUT2D eigenvalue weighted by molar-refractivity contribution is -0.715. The van der Waals surface area contributed by atoms with E-state index in [2.05, 4.69) is 24.5 Å². The lowest BCUT2D eigenvalue weighted by Crippen LogP contribution is -2.92. The molecule has 4 heteroatoms. The van der Waals surface area contributed by atoms with E-state index in [4.69, 9.17) is 0 Å². The molecule has 122 valence electrons. The van der Waals surface area contributed by atoms with Crippen molar-refractivity contribution in [3.05, 3.63) is 66.0 Å². The van der Waals surface area contributed by atoms with Gasteiger partial charge < -0.3 is 10.6 Å². The first-order valence-corrected chi connectivity index (χ1v) is 8.10. The van der Waals surface area contributed by atoms with Crippen molar-refractivity contribution in [3.8, 4) is 0 Å². The maximum Gasteiger partial charge on any atom is 0.287 e. The van der Waals surface area contributed by atoms with Crippen LogP contribution in [0.25, 0.3) is 0 Å².